The van der Waals surface area contributed by atoms with Crippen molar-refractivity contribution in [3.63, 3.8) is 0 Å². The number of rotatable bonds is 6. The third kappa shape index (κ3) is 4.78. The summed E-state index contributed by atoms with van der Waals surface area (Å²) in [5.74, 6) is -2.25. The lowest BCUT2D eigenvalue weighted by molar-refractivity contribution is -0.140. The molecule has 2 saturated heterocycles. The van der Waals surface area contributed by atoms with Crippen molar-refractivity contribution < 1.29 is 19.8 Å². The number of hydrogen-bond donors (Lipinski definition) is 3. The average Bonchev–Trinajstić information content (AvgIpc) is 3.10. The second kappa shape index (κ2) is 10.7. The first kappa shape index (κ1) is 24.9. The molecule has 2 aliphatic heterocycles. The van der Waals surface area contributed by atoms with E-state index in [2.05, 4.69) is 15.2 Å². The number of carboxylic acids is 1. The van der Waals surface area contributed by atoms with E-state index in [0.29, 0.717) is 29.2 Å². The van der Waals surface area contributed by atoms with Crippen LogP contribution < -0.4 is 10.9 Å². The number of aromatic nitrogens is 2. The molecule has 1 saturated carbocycles. The number of piperidine rings is 1. The number of benzene rings is 1. The van der Waals surface area contributed by atoms with Gasteiger partial charge in [-0.1, -0.05) is 44.2 Å². The molecule has 36 heavy (non-hydrogen) atoms. The van der Waals surface area contributed by atoms with Crippen LogP contribution in [0.1, 0.15) is 87.2 Å². The number of carbonyl (C=O) groups excluding carboxylic acids is 1. The zero-order valence-electron chi connectivity index (χ0n) is 20.6. The van der Waals surface area contributed by atoms with Gasteiger partial charge in [-0.15, -0.1) is 0 Å². The van der Waals surface area contributed by atoms with E-state index in [4.69, 9.17) is 0 Å². The van der Waals surface area contributed by atoms with Crippen LogP contribution in [-0.4, -0.2) is 67.3 Å². The molecule has 0 unspecified atom stereocenters. The monoisotopic (exact) mass is 496 g/mol. The molecule has 1 amide bonds. The van der Waals surface area contributed by atoms with Gasteiger partial charge in [0, 0.05) is 24.2 Å². The Bertz CT molecular complexity index is 1160. The lowest BCUT2D eigenvalue weighted by atomic mass is 9.89. The fourth-order valence-electron chi connectivity index (χ4n) is 6.80. The number of nitrogens with one attached hydrogen (secondary N) is 1. The summed E-state index contributed by atoms with van der Waals surface area (Å²) >= 11 is 0. The van der Waals surface area contributed by atoms with E-state index in [0.717, 1.165) is 25.7 Å². The van der Waals surface area contributed by atoms with E-state index in [1.807, 2.05) is 12.1 Å². The third-order valence-electron chi connectivity index (χ3n) is 8.42. The molecule has 3 N–H and O–H groups in total. The maximum absolute atomic E-state index is 13.7. The van der Waals surface area contributed by atoms with Gasteiger partial charge in [-0.3, -0.25) is 14.5 Å². The number of amides is 1. The van der Waals surface area contributed by atoms with Gasteiger partial charge in [0.25, 0.3) is 11.5 Å². The first-order chi connectivity index (χ1) is 17.5. The molecule has 2 bridgehead atoms. The van der Waals surface area contributed by atoms with Crippen molar-refractivity contribution in [3.05, 3.63) is 40.3 Å². The van der Waals surface area contributed by atoms with Gasteiger partial charge in [0.05, 0.1) is 17.6 Å². The number of fused-ring (bicyclic) bond motifs is 3. The van der Waals surface area contributed by atoms with Gasteiger partial charge in [-0.25, -0.2) is 9.78 Å². The van der Waals surface area contributed by atoms with Crippen molar-refractivity contribution in [2.24, 2.45) is 0 Å². The Hall–Kier alpha value is -2.78. The molecule has 3 fully saturated rings. The normalized spacial score (nSPS) is 26.3. The van der Waals surface area contributed by atoms with E-state index in [1.165, 1.54) is 44.9 Å². The summed E-state index contributed by atoms with van der Waals surface area (Å²) in [5.41, 5.74) is 0.382. The zero-order valence-corrected chi connectivity index (χ0v) is 20.6. The van der Waals surface area contributed by atoms with E-state index in [9.17, 15) is 24.6 Å². The molecular formula is C27H36N4O5. The van der Waals surface area contributed by atoms with Gasteiger partial charge >= 0.3 is 5.97 Å². The number of carboxylic acid groups (broad SMARTS) is 1. The number of nitrogens with zero attached hydrogens (tertiary/aromatic N) is 3. The number of carbonyl (C=O) groups is 2. The largest absolute Gasteiger partial charge is 0.480 e. The minimum Gasteiger partial charge on any atom is -0.480 e. The molecule has 3 heterocycles. The van der Waals surface area contributed by atoms with E-state index >= 15 is 0 Å². The summed E-state index contributed by atoms with van der Waals surface area (Å²) in [6, 6.07) is 7.24. The molecular weight excluding hydrogens is 460 g/mol. The fraction of sp³-hybridized carbons (Fsp3) is 0.630. The molecule has 0 spiro atoms. The van der Waals surface area contributed by atoms with Crippen LogP contribution in [-0.2, 0) is 4.79 Å². The average molecular weight is 497 g/mol. The predicted molar refractivity (Wildman–Crippen MR) is 135 cm³/mol. The van der Waals surface area contributed by atoms with Crippen molar-refractivity contribution in [1.82, 2.24) is 19.8 Å². The Morgan fingerprint density at radius 3 is 2.22 bits per heavy atom. The lowest BCUT2D eigenvalue weighted by Gasteiger charge is -2.45. The SMILES string of the molecule is O=C(N[C@@H](CO)C(=O)O)c1nc2ccccc2n([C@H]2C[C@H]3CC[C@@H](C2)N3C2CCCCCCC2)c1=O. The number of aliphatic hydroxyl groups is 1. The van der Waals surface area contributed by atoms with Crippen molar-refractivity contribution >= 4 is 22.9 Å². The Morgan fingerprint density at radius 2 is 1.58 bits per heavy atom. The summed E-state index contributed by atoms with van der Waals surface area (Å²) < 4.78 is 1.73. The standard InChI is InChI=1S/C27H36N4O5/c32-16-22(27(35)36)29-25(33)24-26(34)31(23-11-7-6-10-21(23)28-24)20-14-18-12-13-19(15-20)30(18)17-8-4-2-1-3-5-9-17/h6-7,10-11,17-20,22,32H,1-5,8-9,12-16H2,(H,29,33)(H,35,36)/t18-,19+,20+,22-/m0/s1. The maximum Gasteiger partial charge on any atom is 0.328 e. The summed E-state index contributed by atoms with van der Waals surface area (Å²) in [6.45, 7) is -0.772. The van der Waals surface area contributed by atoms with Gasteiger partial charge in [0.1, 0.15) is 0 Å². The summed E-state index contributed by atoms with van der Waals surface area (Å²) in [5, 5.41) is 20.8. The second-order valence-electron chi connectivity index (χ2n) is 10.6. The highest BCUT2D eigenvalue weighted by molar-refractivity contribution is 5.96. The summed E-state index contributed by atoms with van der Waals surface area (Å²) in [4.78, 5) is 45.0. The summed E-state index contributed by atoms with van der Waals surface area (Å²) in [7, 11) is 0. The first-order valence-electron chi connectivity index (χ1n) is 13.4. The molecule has 1 aromatic carbocycles. The molecule has 9 heteroatoms. The van der Waals surface area contributed by atoms with E-state index < -0.39 is 30.1 Å². The fourth-order valence-corrected chi connectivity index (χ4v) is 6.80. The highest BCUT2D eigenvalue weighted by atomic mass is 16.4. The van der Waals surface area contributed by atoms with E-state index in [1.54, 1.807) is 16.7 Å². The first-order valence-corrected chi connectivity index (χ1v) is 13.4. The molecule has 0 radical (unpaired) electrons. The molecule has 1 aliphatic carbocycles. The lowest BCUT2D eigenvalue weighted by Crippen LogP contribution is -2.51. The molecule has 1 aromatic heterocycles. The van der Waals surface area contributed by atoms with Crippen molar-refractivity contribution in [2.75, 3.05) is 6.61 Å². The van der Waals surface area contributed by atoms with E-state index in [-0.39, 0.29) is 11.7 Å². The van der Waals surface area contributed by atoms with Crippen molar-refractivity contribution in [3.8, 4) is 0 Å². The minimum atomic E-state index is -1.50. The molecule has 2 aromatic rings. The van der Waals surface area contributed by atoms with Crippen LogP contribution in [0.25, 0.3) is 11.0 Å². The summed E-state index contributed by atoms with van der Waals surface area (Å²) in [6.07, 6.45) is 13.1. The van der Waals surface area contributed by atoms with Gasteiger partial charge in [0.2, 0.25) is 0 Å². The van der Waals surface area contributed by atoms with Crippen LogP contribution in [0, 0.1) is 0 Å². The van der Waals surface area contributed by atoms with Gasteiger partial charge in [0.15, 0.2) is 11.7 Å². The highest BCUT2D eigenvalue weighted by Crippen LogP contribution is 2.44. The molecule has 4 atom stereocenters. The Kier molecular flexibility index (Phi) is 7.39. The number of para-hydroxylation sites is 2. The maximum atomic E-state index is 13.7. The zero-order chi connectivity index (χ0) is 25.2. The van der Waals surface area contributed by atoms with Crippen molar-refractivity contribution in [2.45, 2.75) is 101 Å². The molecule has 9 nitrogen and oxygen atoms in total. The predicted octanol–water partition coefficient (Wildman–Crippen LogP) is 2.85. The second-order valence-corrected chi connectivity index (χ2v) is 10.6. The van der Waals surface area contributed by atoms with Crippen LogP contribution in [0.15, 0.2) is 29.1 Å². The number of hydrogen-bond acceptors (Lipinski definition) is 6. The molecule has 194 valence electrons. The van der Waals surface area contributed by atoms with Gasteiger partial charge in [-0.2, -0.15) is 0 Å². The van der Waals surface area contributed by atoms with Crippen LogP contribution in [0.2, 0.25) is 0 Å². The third-order valence-corrected chi connectivity index (χ3v) is 8.42. The smallest absolute Gasteiger partial charge is 0.328 e. The Labute approximate surface area is 210 Å². The number of aliphatic hydroxyl groups excluding tert-OH is 1. The van der Waals surface area contributed by atoms with Gasteiger partial charge in [-0.05, 0) is 50.7 Å². The quantitative estimate of drug-likeness (QED) is 0.562. The number of aliphatic carboxylic acids is 1. The van der Waals surface area contributed by atoms with Crippen LogP contribution in [0.5, 0.6) is 0 Å². The Balaban J connectivity index is 1.46. The van der Waals surface area contributed by atoms with Crippen LogP contribution in [0.4, 0.5) is 0 Å². The molecule has 5 rings (SSSR count). The van der Waals surface area contributed by atoms with Crippen LogP contribution in [0.3, 0.4) is 0 Å². The topological polar surface area (TPSA) is 125 Å². The molecule has 3 aliphatic rings. The Morgan fingerprint density at radius 1 is 0.944 bits per heavy atom. The highest BCUT2D eigenvalue weighted by Gasteiger charge is 2.44. The minimum absolute atomic E-state index is 0.0487. The van der Waals surface area contributed by atoms with Crippen LogP contribution >= 0.6 is 0 Å². The van der Waals surface area contributed by atoms with Crippen molar-refractivity contribution in [1.29, 1.82) is 0 Å². The van der Waals surface area contributed by atoms with Gasteiger partial charge < -0.3 is 20.1 Å².